The first kappa shape index (κ1) is 13.9. The third kappa shape index (κ3) is 3.41. The Morgan fingerprint density at radius 1 is 1.47 bits per heavy atom. The Bertz CT molecular complexity index is 283. The van der Waals surface area contributed by atoms with E-state index in [0.717, 1.165) is 6.42 Å². The number of amides is 1. The predicted molar refractivity (Wildman–Crippen MR) is 61.2 cm³/mol. The van der Waals surface area contributed by atoms with Crippen molar-refractivity contribution in [3.63, 3.8) is 0 Å². The fraction of sp³-hybridized carbons (Fsp3) is 0.818. The summed E-state index contributed by atoms with van der Waals surface area (Å²) in [4.78, 5) is 25.0. The van der Waals surface area contributed by atoms with Crippen LogP contribution in [0.2, 0.25) is 0 Å². The van der Waals surface area contributed by atoms with Gasteiger partial charge in [0.15, 0.2) is 0 Å². The lowest BCUT2D eigenvalue weighted by Gasteiger charge is -2.25. The molecule has 1 saturated heterocycles. The summed E-state index contributed by atoms with van der Waals surface area (Å²) in [6.45, 7) is 1.00. The van der Waals surface area contributed by atoms with Crippen LogP contribution in [0.1, 0.15) is 19.3 Å². The van der Waals surface area contributed by atoms with Crippen molar-refractivity contribution in [1.29, 1.82) is 0 Å². The third-order valence-electron chi connectivity index (χ3n) is 2.96. The standard InChI is InChI=1S/C11H20N2O4/c1-16-7-5-8(12)10(14)13-6-3-4-9(13)11(15)17-2/h8-9H,3-7,12H2,1-2H3. The molecule has 0 saturated carbocycles. The minimum Gasteiger partial charge on any atom is -0.467 e. The predicted octanol–water partition coefficient (Wildman–Crippen LogP) is -0.486. The molecule has 0 radical (unpaired) electrons. The first-order valence-electron chi connectivity index (χ1n) is 5.74. The molecule has 0 aromatic carbocycles. The molecule has 2 atom stereocenters. The summed E-state index contributed by atoms with van der Waals surface area (Å²) in [6.07, 6.45) is 1.91. The fourth-order valence-electron chi connectivity index (χ4n) is 1.99. The van der Waals surface area contributed by atoms with Gasteiger partial charge in [-0.15, -0.1) is 0 Å². The Kier molecular flexibility index (Phi) is 5.37. The van der Waals surface area contributed by atoms with Crippen molar-refractivity contribution >= 4 is 11.9 Å². The maximum atomic E-state index is 12.0. The maximum absolute atomic E-state index is 12.0. The molecule has 0 spiro atoms. The Morgan fingerprint density at radius 3 is 2.76 bits per heavy atom. The van der Waals surface area contributed by atoms with Crippen molar-refractivity contribution in [2.45, 2.75) is 31.3 Å². The van der Waals surface area contributed by atoms with Crippen molar-refractivity contribution in [1.82, 2.24) is 4.90 Å². The zero-order chi connectivity index (χ0) is 12.8. The van der Waals surface area contributed by atoms with Crippen molar-refractivity contribution in [3.05, 3.63) is 0 Å². The molecule has 1 rings (SSSR count). The molecule has 1 amide bonds. The molecule has 1 fully saturated rings. The zero-order valence-corrected chi connectivity index (χ0v) is 10.3. The summed E-state index contributed by atoms with van der Waals surface area (Å²) in [5, 5.41) is 0. The van der Waals surface area contributed by atoms with Crippen LogP contribution in [-0.2, 0) is 19.1 Å². The number of carbonyl (C=O) groups excluding carboxylic acids is 2. The monoisotopic (exact) mass is 244 g/mol. The second kappa shape index (κ2) is 6.56. The topological polar surface area (TPSA) is 81.9 Å². The molecule has 1 aliphatic rings. The maximum Gasteiger partial charge on any atom is 0.328 e. The van der Waals surface area contributed by atoms with Crippen LogP contribution >= 0.6 is 0 Å². The average Bonchev–Trinajstić information content (AvgIpc) is 2.82. The largest absolute Gasteiger partial charge is 0.467 e. The molecule has 0 aliphatic carbocycles. The number of methoxy groups -OCH3 is 2. The Balaban J connectivity index is 2.58. The van der Waals surface area contributed by atoms with E-state index in [9.17, 15) is 9.59 Å². The number of likely N-dealkylation sites (tertiary alicyclic amines) is 1. The number of hydrogen-bond acceptors (Lipinski definition) is 5. The van der Waals surface area contributed by atoms with Crippen molar-refractivity contribution in [2.24, 2.45) is 5.73 Å². The summed E-state index contributed by atoms with van der Waals surface area (Å²) in [5.41, 5.74) is 5.76. The molecule has 2 N–H and O–H groups in total. The highest BCUT2D eigenvalue weighted by Gasteiger charge is 2.36. The minimum absolute atomic E-state index is 0.199. The highest BCUT2D eigenvalue weighted by atomic mass is 16.5. The van der Waals surface area contributed by atoms with Crippen LogP contribution in [0.4, 0.5) is 0 Å². The van der Waals surface area contributed by atoms with Gasteiger partial charge >= 0.3 is 5.97 Å². The SMILES string of the molecule is COCCC(N)C(=O)N1CCCC1C(=O)OC. The minimum atomic E-state index is -0.611. The van der Waals surface area contributed by atoms with Crippen LogP contribution in [0.3, 0.4) is 0 Å². The number of esters is 1. The zero-order valence-electron chi connectivity index (χ0n) is 10.3. The van der Waals surface area contributed by atoms with E-state index in [-0.39, 0.29) is 11.9 Å². The summed E-state index contributed by atoms with van der Waals surface area (Å²) >= 11 is 0. The summed E-state index contributed by atoms with van der Waals surface area (Å²) in [5.74, 6) is -0.565. The fourth-order valence-corrected chi connectivity index (χ4v) is 1.99. The van der Waals surface area contributed by atoms with Crippen molar-refractivity contribution in [3.8, 4) is 0 Å². The van der Waals surface area contributed by atoms with Gasteiger partial charge < -0.3 is 20.1 Å². The molecule has 0 bridgehead atoms. The highest BCUT2D eigenvalue weighted by molar-refractivity contribution is 5.88. The Labute approximate surface area is 101 Å². The average molecular weight is 244 g/mol. The van der Waals surface area contributed by atoms with E-state index in [0.29, 0.717) is 26.0 Å². The third-order valence-corrected chi connectivity index (χ3v) is 2.96. The number of hydrogen-bond donors (Lipinski definition) is 1. The van der Waals surface area contributed by atoms with E-state index in [1.165, 1.54) is 12.0 Å². The molecule has 17 heavy (non-hydrogen) atoms. The number of nitrogens with two attached hydrogens (primary N) is 1. The van der Waals surface area contributed by atoms with Crippen LogP contribution in [0.15, 0.2) is 0 Å². The van der Waals surface area contributed by atoms with Gasteiger partial charge in [-0.05, 0) is 19.3 Å². The van der Waals surface area contributed by atoms with Crippen molar-refractivity contribution < 1.29 is 19.1 Å². The van der Waals surface area contributed by atoms with E-state index in [2.05, 4.69) is 4.74 Å². The molecule has 0 aromatic heterocycles. The Morgan fingerprint density at radius 2 is 2.18 bits per heavy atom. The van der Waals surface area contributed by atoms with Crippen LogP contribution in [0.5, 0.6) is 0 Å². The molecule has 0 aromatic rings. The van der Waals surface area contributed by atoms with Gasteiger partial charge in [-0.3, -0.25) is 4.79 Å². The van der Waals surface area contributed by atoms with Crippen LogP contribution in [0.25, 0.3) is 0 Å². The smallest absolute Gasteiger partial charge is 0.328 e. The number of carbonyl (C=O) groups is 2. The van der Waals surface area contributed by atoms with E-state index in [4.69, 9.17) is 10.5 Å². The molecular weight excluding hydrogens is 224 g/mol. The molecule has 6 heteroatoms. The molecular formula is C11H20N2O4. The molecule has 2 unspecified atom stereocenters. The lowest BCUT2D eigenvalue weighted by molar-refractivity contribution is -0.151. The Hall–Kier alpha value is -1.14. The van der Waals surface area contributed by atoms with E-state index >= 15 is 0 Å². The van der Waals surface area contributed by atoms with E-state index in [1.54, 1.807) is 7.11 Å². The lowest BCUT2D eigenvalue weighted by Crippen LogP contribution is -2.49. The quantitative estimate of drug-likeness (QED) is 0.660. The van der Waals surface area contributed by atoms with Gasteiger partial charge in [-0.1, -0.05) is 0 Å². The van der Waals surface area contributed by atoms with Crippen LogP contribution in [0, 0.1) is 0 Å². The molecule has 6 nitrogen and oxygen atoms in total. The first-order chi connectivity index (χ1) is 8.11. The summed E-state index contributed by atoms with van der Waals surface area (Å²) in [6, 6.07) is -1.08. The van der Waals surface area contributed by atoms with Crippen LogP contribution < -0.4 is 5.73 Å². The molecule has 98 valence electrons. The second-order valence-electron chi connectivity index (χ2n) is 4.10. The second-order valence-corrected chi connectivity index (χ2v) is 4.10. The molecule has 1 heterocycles. The van der Waals surface area contributed by atoms with Crippen LogP contribution in [-0.4, -0.2) is 56.2 Å². The lowest BCUT2D eigenvalue weighted by atomic mass is 10.1. The number of nitrogens with zero attached hydrogens (tertiary/aromatic N) is 1. The summed E-state index contributed by atoms with van der Waals surface area (Å²) in [7, 11) is 2.89. The number of ether oxygens (including phenoxy) is 2. The van der Waals surface area contributed by atoms with Crippen molar-refractivity contribution in [2.75, 3.05) is 27.4 Å². The summed E-state index contributed by atoms with van der Waals surface area (Å²) < 4.78 is 9.56. The van der Waals surface area contributed by atoms with Gasteiger partial charge in [-0.25, -0.2) is 4.79 Å². The highest BCUT2D eigenvalue weighted by Crippen LogP contribution is 2.19. The first-order valence-corrected chi connectivity index (χ1v) is 5.74. The van der Waals surface area contributed by atoms with Gasteiger partial charge in [0.05, 0.1) is 13.2 Å². The normalized spacial score (nSPS) is 21.4. The van der Waals surface area contributed by atoms with Gasteiger partial charge in [0.2, 0.25) is 5.91 Å². The van der Waals surface area contributed by atoms with E-state index in [1.807, 2.05) is 0 Å². The van der Waals surface area contributed by atoms with Gasteiger partial charge in [0.1, 0.15) is 6.04 Å². The molecule has 1 aliphatic heterocycles. The number of rotatable bonds is 5. The van der Waals surface area contributed by atoms with Gasteiger partial charge in [-0.2, -0.15) is 0 Å². The van der Waals surface area contributed by atoms with Gasteiger partial charge in [0, 0.05) is 20.3 Å². The van der Waals surface area contributed by atoms with Gasteiger partial charge in [0.25, 0.3) is 0 Å². The van der Waals surface area contributed by atoms with E-state index < -0.39 is 12.1 Å².